The van der Waals surface area contributed by atoms with Gasteiger partial charge < -0.3 is 10.1 Å². The molecule has 0 fully saturated rings. The first-order chi connectivity index (χ1) is 8.24. The van der Waals surface area contributed by atoms with Crippen LogP contribution in [0.5, 0.6) is 0 Å². The van der Waals surface area contributed by atoms with Gasteiger partial charge in [0.15, 0.2) is 0 Å². The number of carboxylic acid groups (broad SMARTS) is 1. The molecule has 5 heteroatoms. The van der Waals surface area contributed by atoms with Crippen LogP contribution >= 0.6 is 11.8 Å². The molecule has 0 bridgehead atoms. The minimum absolute atomic E-state index is 0.0810. The fourth-order valence-electron chi connectivity index (χ4n) is 1.05. The molecule has 0 aliphatic heterocycles. The van der Waals surface area contributed by atoms with Crippen LogP contribution in [0.3, 0.4) is 0 Å². The van der Waals surface area contributed by atoms with Crippen LogP contribution < -0.4 is 0 Å². The molecule has 2 rings (SSSR count). The molecule has 4 nitrogen and oxygen atoms in total. The van der Waals surface area contributed by atoms with E-state index in [4.69, 9.17) is 5.11 Å². The predicted octanol–water partition coefficient (Wildman–Crippen LogP) is 2.91. The summed E-state index contributed by atoms with van der Waals surface area (Å²) in [5.74, 6) is 0.160. The molecule has 0 radical (unpaired) electrons. The highest BCUT2D eigenvalue weighted by Crippen LogP contribution is 2.14. The predicted molar refractivity (Wildman–Crippen MR) is 68.4 cm³/mol. The molecule has 0 unspecified atom stereocenters. The van der Waals surface area contributed by atoms with Gasteiger partial charge in [-0.1, -0.05) is 13.0 Å². The topological polar surface area (TPSA) is 66.0 Å². The fourth-order valence-corrected chi connectivity index (χ4v) is 1.70. The number of aromatic carboxylic acids is 1. The smallest absolute Gasteiger partial charge is 0.354 e. The van der Waals surface area contributed by atoms with Crippen molar-refractivity contribution >= 4 is 17.7 Å². The molecule has 0 atom stereocenters. The molecule has 17 heavy (non-hydrogen) atoms. The first-order valence-corrected chi connectivity index (χ1v) is 6.12. The number of hydrogen-bond donors (Lipinski definition) is 2. The molecule has 0 amide bonds. The van der Waals surface area contributed by atoms with Crippen molar-refractivity contribution in [1.29, 1.82) is 0 Å². The Balaban J connectivity index is 0.000000171. The molecule has 0 saturated carbocycles. The summed E-state index contributed by atoms with van der Waals surface area (Å²) >= 11 is 1.85. The van der Waals surface area contributed by atoms with Gasteiger partial charge in [-0.2, -0.15) is 0 Å². The summed E-state index contributed by atoms with van der Waals surface area (Å²) in [5.41, 5.74) is 0.0810. The molecule has 90 valence electrons. The number of carbonyl (C=O) groups is 1. The van der Waals surface area contributed by atoms with Gasteiger partial charge in [-0.3, -0.25) is 0 Å². The van der Waals surface area contributed by atoms with Crippen LogP contribution in [0.1, 0.15) is 17.4 Å². The van der Waals surface area contributed by atoms with E-state index in [1.54, 1.807) is 12.1 Å². The number of aromatic amines is 1. The number of nitrogens with zero attached hydrogens (tertiary/aromatic N) is 1. The zero-order valence-electron chi connectivity index (χ0n) is 9.46. The summed E-state index contributed by atoms with van der Waals surface area (Å²) in [5, 5.41) is 8.32. The second-order valence-electron chi connectivity index (χ2n) is 3.00. The van der Waals surface area contributed by atoms with E-state index in [0.29, 0.717) is 0 Å². The lowest BCUT2D eigenvalue weighted by atomic mass is 10.4. The SMILES string of the molecule is CCSc1cc[nH]c1.O=C(O)c1ccccn1. The Morgan fingerprint density at radius 3 is 2.71 bits per heavy atom. The zero-order valence-corrected chi connectivity index (χ0v) is 10.3. The highest BCUT2D eigenvalue weighted by atomic mass is 32.2. The molecule has 0 aromatic carbocycles. The largest absolute Gasteiger partial charge is 0.477 e. The second-order valence-corrected chi connectivity index (χ2v) is 4.34. The number of nitrogens with one attached hydrogen (secondary N) is 1. The van der Waals surface area contributed by atoms with Gasteiger partial charge in [-0.05, 0) is 24.0 Å². The van der Waals surface area contributed by atoms with Crippen molar-refractivity contribution in [2.75, 3.05) is 5.75 Å². The van der Waals surface area contributed by atoms with E-state index < -0.39 is 5.97 Å². The number of pyridine rings is 1. The van der Waals surface area contributed by atoms with Crippen LogP contribution in [0.2, 0.25) is 0 Å². The average Bonchev–Trinajstić information content (AvgIpc) is 2.84. The number of thioether (sulfide) groups is 1. The van der Waals surface area contributed by atoms with Gasteiger partial charge in [0.1, 0.15) is 5.69 Å². The lowest BCUT2D eigenvalue weighted by Crippen LogP contribution is -1.97. The number of rotatable bonds is 3. The molecule has 2 aromatic heterocycles. The Morgan fingerprint density at radius 1 is 1.47 bits per heavy atom. The van der Waals surface area contributed by atoms with Crippen LogP contribution in [0.15, 0.2) is 47.8 Å². The van der Waals surface area contributed by atoms with E-state index in [-0.39, 0.29) is 5.69 Å². The van der Waals surface area contributed by atoms with E-state index >= 15 is 0 Å². The molecular weight excluding hydrogens is 236 g/mol. The Morgan fingerprint density at radius 2 is 2.29 bits per heavy atom. The number of hydrogen-bond acceptors (Lipinski definition) is 3. The van der Waals surface area contributed by atoms with Gasteiger partial charge in [0.2, 0.25) is 0 Å². The number of aromatic nitrogens is 2. The lowest BCUT2D eigenvalue weighted by molar-refractivity contribution is 0.0690. The standard InChI is InChI=1S/C6H5NO2.C6H9NS/c8-6(9)5-3-1-2-4-7-5;1-2-8-6-3-4-7-5-6/h1-4H,(H,8,9);3-5,7H,2H2,1H3. The third kappa shape index (κ3) is 5.21. The average molecular weight is 250 g/mol. The van der Waals surface area contributed by atoms with E-state index in [9.17, 15) is 4.79 Å². The molecule has 0 aliphatic carbocycles. The van der Waals surface area contributed by atoms with Gasteiger partial charge >= 0.3 is 5.97 Å². The van der Waals surface area contributed by atoms with Gasteiger partial charge in [-0.25, -0.2) is 9.78 Å². The minimum atomic E-state index is -0.990. The van der Waals surface area contributed by atoms with E-state index in [1.165, 1.54) is 17.2 Å². The van der Waals surface area contributed by atoms with Crippen LogP contribution in [-0.4, -0.2) is 26.8 Å². The number of H-pyrrole nitrogens is 1. The van der Waals surface area contributed by atoms with Crippen molar-refractivity contribution in [1.82, 2.24) is 9.97 Å². The van der Waals surface area contributed by atoms with Crippen LogP contribution in [0.25, 0.3) is 0 Å². The second kappa shape index (κ2) is 7.51. The summed E-state index contributed by atoms with van der Waals surface area (Å²) in [6, 6.07) is 6.83. The first kappa shape index (κ1) is 13.3. The monoisotopic (exact) mass is 250 g/mol. The Kier molecular flexibility index (Phi) is 5.88. The maximum atomic E-state index is 10.1. The Hall–Kier alpha value is -1.75. The molecular formula is C12H14N2O2S. The highest BCUT2D eigenvalue weighted by Gasteiger charge is 1.98. The maximum absolute atomic E-state index is 10.1. The summed E-state index contributed by atoms with van der Waals surface area (Å²) in [4.78, 5) is 18.0. The van der Waals surface area contributed by atoms with Crippen molar-refractivity contribution in [3.05, 3.63) is 48.5 Å². The third-order valence-electron chi connectivity index (χ3n) is 1.76. The molecule has 2 aromatic rings. The van der Waals surface area contributed by atoms with Gasteiger partial charge in [0, 0.05) is 23.5 Å². The summed E-state index contributed by atoms with van der Waals surface area (Å²) < 4.78 is 0. The van der Waals surface area contributed by atoms with E-state index in [1.807, 2.05) is 24.2 Å². The highest BCUT2D eigenvalue weighted by molar-refractivity contribution is 7.99. The van der Waals surface area contributed by atoms with Crippen molar-refractivity contribution < 1.29 is 9.90 Å². The van der Waals surface area contributed by atoms with Crippen LogP contribution in [-0.2, 0) is 0 Å². The Labute approximate surface area is 104 Å². The quantitative estimate of drug-likeness (QED) is 0.822. The number of carboxylic acids is 1. The molecule has 0 aliphatic rings. The third-order valence-corrected chi connectivity index (χ3v) is 2.64. The molecule has 0 spiro atoms. The first-order valence-electron chi connectivity index (χ1n) is 5.14. The van der Waals surface area contributed by atoms with Crippen molar-refractivity contribution in [2.24, 2.45) is 0 Å². The van der Waals surface area contributed by atoms with E-state index in [0.717, 1.165) is 5.75 Å². The molecule has 2 heterocycles. The summed E-state index contributed by atoms with van der Waals surface area (Å²) in [6.45, 7) is 2.15. The minimum Gasteiger partial charge on any atom is -0.477 e. The Bertz CT molecular complexity index is 429. The van der Waals surface area contributed by atoms with Crippen molar-refractivity contribution in [3.63, 3.8) is 0 Å². The normalized spacial score (nSPS) is 9.24. The zero-order chi connectivity index (χ0) is 12.5. The molecule has 0 saturated heterocycles. The molecule has 2 N–H and O–H groups in total. The fraction of sp³-hybridized carbons (Fsp3) is 0.167. The van der Waals surface area contributed by atoms with Crippen LogP contribution in [0, 0.1) is 0 Å². The summed E-state index contributed by atoms with van der Waals surface area (Å²) in [7, 11) is 0. The van der Waals surface area contributed by atoms with Gasteiger partial charge in [-0.15, -0.1) is 11.8 Å². The van der Waals surface area contributed by atoms with Gasteiger partial charge in [0.25, 0.3) is 0 Å². The maximum Gasteiger partial charge on any atom is 0.354 e. The lowest BCUT2D eigenvalue weighted by Gasteiger charge is -1.87. The van der Waals surface area contributed by atoms with Crippen molar-refractivity contribution in [2.45, 2.75) is 11.8 Å². The van der Waals surface area contributed by atoms with Crippen LogP contribution in [0.4, 0.5) is 0 Å². The van der Waals surface area contributed by atoms with Gasteiger partial charge in [0.05, 0.1) is 0 Å². The van der Waals surface area contributed by atoms with E-state index in [2.05, 4.69) is 23.0 Å². The van der Waals surface area contributed by atoms with Crippen molar-refractivity contribution in [3.8, 4) is 0 Å². The summed E-state index contributed by atoms with van der Waals surface area (Å²) in [6.07, 6.45) is 5.40.